The number of likely N-dealkylation sites (N-methyl/N-ethyl adjacent to an activating group) is 1. The van der Waals surface area contributed by atoms with Crippen LogP contribution in [0, 0.1) is 19.8 Å². The molecule has 2 aromatic rings. The molecule has 1 aromatic carbocycles. The Morgan fingerprint density at radius 3 is 2.74 bits per heavy atom. The molecule has 0 spiro atoms. The van der Waals surface area contributed by atoms with Crippen LogP contribution in [0.3, 0.4) is 0 Å². The van der Waals surface area contributed by atoms with Crippen LogP contribution in [0.4, 0.5) is 5.69 Å². The first-order chi connectivity index (χ1) is 12.9. The molecule has 144 valence electrons. The number of carbonyl (C=O) groups is 2. The van der Waals surface area contributed by atoms with E-state index in [-0.39, 0.29) is 30.2 Å². The number of aryl methyl sites for hydroxylation is 1. The zero-order valence-corrected chi connectivity index (χ0v) is 17.2. The maximum atomic E-state index is 12.7. The third-order valence-corrected chi connectivity index (χ3v) is 6.30. The lowest BCUT2D eigenvalue weighted by atomic mass is 10.1. The van der Waals surface area contributed by atoms with Gasteiger partial charge in [0.1, 0.15) is 0 Å². The number of hydrogen-bond acceptors (Lipinski definition) is 4. The normalized spacial score (nSPS) is 18.2. The van der Waals surface area contributed by atoms with Crippen LogP contribution in [-0.4, -0.2) is 43.9 Å². The molecule has 1 aliphatic rings. The van der Waals surface area contributed by atoms with Crippen LogP contribution in [0.1, 0.15) is 28.5 Å². The van der Waals surface area contributed by atoms with E-state index in [0.717, 1.165) is 16.8 Å². The monoisotopic (exact) mass is 385 g/mol. The number of benzene rings is 1. The molecule has 1 fully saturated rings. The number of hydrogen-bond donors (Lipinski definition) is 1. The van der Waals surface area contributed by atoms with Gasteiger partial charge in [0.15, 0.2) is 0 Å². The van der Waals surface area contributed by atoms with Gasteiger partial charge >= 0.3 is 0 Å². The maximum absolute atomic E-state index is 12.7. The summed E-state index contributed by atoms with van der Waals surface area (Å²) in [6, 6.07) is 10.2. The Kier molecular flexibility index (Phi) is 5.97. The van der Waals surface area contributed by atoms with Gasteiger partial charge in [-0.25, -0.2) is 0 Å². The molecule has 1 saturated heterocycles. The molecule has 1 aromatic heterocycles. The fraction of sp³-hybridized carbons (Fsp3) is 0.429. The lowest BCUT2D eigenvalue weighted by Gasteiger charge is -2.24. The van der Waals surface area contributed by atoms with Crippen molar-refractivity contribution >= 4 is 28.8 Å². The van der Waals surface area contributed by atoms with Crippen LogP contribution in [-0.2, 0) is 9.59 Å². The molecule has 0 aliphatic carbocycles. The van der Waals surface area contributed by atoms with Crippen molar-refractivity contribution in [1.82, 2.24) is 10.2 Å². The van der Waals surface area contributed by atoms with Crippen LogP contribution in [0.5, 0.6) is 0 Å². The van der Waals surface area contributed by atoms with Crippen LogP contribution in [0.15, 0.2) is 35.7 Å². The van der Waals surface area contributed by atoms with E-state index < -0.39 is 0 Å². The highest BCUT2D eigenvalue weighted by atomic mass is 32.1. The Balaban J connectivity index is 1.64. The molecule has 2 atom stereocenters. The van der Waals surface area contributed by atoms with Gasteiger partial charge in [-0.3, -0.25) is 9.59 Å². The number of carbonyl (C=O) groups excluding carboxylic acids is 2. The summed E-state index contributed by atoms with van der Waals surface area (Å²) in [6.45, 7) is 5.05. The van der Waals surface area contributed by atoms with E-state index in [1.54, 1.807) is 16.2 Å². The molecule has 27 heavy (non-hydrogen) atoms. The van der Waals surface area contributed by atoms with Crippen molar-refractivity contribution in [3.63, 3.8) is 0 Å². The zero-order valence-electron chi connectivity index (χ0n) is 16.4. The predicted octanol–water partition coefficient (Wildman–Crippen LogP) is 3.14. The van der Waals surface area contributed by atoms with Crippen LogP contribution < -0.4 is 10.2 Å². The van der Waals surface area contributed by atoms with E-state index in [2.05, 4.69) is 16.3 Å². The van der Waals surface area contributed by atoms with Crippen molar-refractivity contribution in [2.75, 3.05) is 32.1 Å². The van der Waals surface area contributed by atoms with Gasteiger partial charge in [-0.15, -0.1) is 11.3 Å². The molecule has 2 heterocycles. The number of nitrogens with zero attached hydrogens (tertiary/aromatic N) is 2. The van der Waals surface area contributed by atoms with Gasteiger partial charge in [0.25, 0.3) is 0 Å². The Labute approximate surface area is 165 Å². The molecule has 3 rings (SSSR count). The summed E-state index contributed by atoms with van der Waals surface area (Å²) in [5.41, 5.74) is 3.16. The SMILES string of the molecule is Cc1cccc(N2CC(C(=O)NCC(c3cccs3)N(C)C)CC2=O)c1C. The highest BCUT2D eigenvalue weighted by molar-refractivity contribution is 7.10. The topological polar surface area (TPSA) is 52.7 Å². The molecular weight excluding hydrogens is 358 g/mol. The van der Waals surface area contributed by atoms with Crippen LogP contribution >= 0.6 is 11.3 Å². The number of anilines is 1. The first-order valence-corrected chi connectivity index (χ1v) is 10.1. The first-order valence-electron chi connectivity index (χ1n) is 9.22. The molecule has 5 nitrogen and oxygen atoms in total. The number of rotatable bonds is 6. The van der Waals surface area contributed by atoms with Crippen molar-refractivity contribution < 1.29 is 9.59 Å². The van der Waals surface area contributed by atoms with Gasteiger partial charge < -0.3 is 15.1 Å². The summed E-state index contributed by atoms with van der Waals surface area (Å²) in [6.07, 6.45) is 0.269. The Hall–Kier alpha value is -2.18. The Bertz CT molecular complexity index is 817. The molecule has 0 bridgehead atoms. The second-order valence-electron chi connectivity index (χ2n) is 7.36. The van der Waals surface area contributed by atoms with Crippen molar-refractivity contribution in [3.8, 4) is 0 Å². The largest absolute Gasteiger partial charge is 0.354 e. The standard InChI is InChI=1S/C21H27N3O2S/c1-14-7-5-8-17(15(14)2)24-13-16(11-20(24)25)21(26)22-12-18(23(3)4)19-9-6-10-27-19/h5-10,16,18H,11-13H2,1-4H3,(H,22,26). The maximum Gasteiger partial charge on any atom is 0.227 e. The zero-order chi connectivity index (χ0) is 19.6. The fourth-order valence-corrected chi connectivity index (χ4v) is 4.43. The van der Waals surface area contributed by atoms with E-state index in [4.69, 9.17) is 0 Å². The van der Waals surface area contributed by atoms with Gasteiger partial charge in [-0.2, -0.15) is 0 Å². The average molecular weight is 386 g/mol. The number of thiophene rings is 1. The van der Waals surface area contributed by atoms with Gasteiger partial charge in [0, 0.05) is 30.1 Å². The first kappa shape index (κ1) is 19.6. The Morgan fingerprint density at radius 2 is 2.07 bits per heavy atom. The minimum atomic E-state index is -0.302. The fourth-order valence-electron chi connectivity index (χ4n) is 3.50. The summed E-state index contributed by atoms with van der Waals surface area (Å²) >= 11 is 1.69. The average Bonchev–Trinajstić information content (AvgIpc) is 3.27. The highest BCUT2D eigenvalue weighted by Crippen LogP contribution is 2.29. The Morgan fingerprint density at radius 1 is 1.30 bits per heavy atom. The van der Waals surface area contributed by atoms with E-state index in [1.165, 1.54) is 4.88 Å². The molecule has 2 amide bonds. The summed E-state index contributed by atoms with van der Waals surface area (Å²) in [5.74, 6) is -0.325. The lowest BCUT2D eigenvalue weighted by Crippen LogP contribution is -2.38. The quantitative estimate of drug-likeness (QED) is 0.831. The van der Waals surface area contributed by atoms with Crippen molar-refractivity contribution in [1.29, 1.82) is 0 Å². The van der Waals surface area contributed by atoms with E-state index in [0.29, 0.717) is 13.1 Å². The summed E-state index contributed by atoms with van der Waals surface area (Å²) < 4.78 is 0. The molecule has 0 saturated carbocycles. The summed E-state index contributed by atoms with van der Waals surface area (Å²) in [4.78, 5) is 30.3. The van der Waals surface area contributed by atoms with E-state index in [9.17, 15) is 9.59 Å². The lowest BCUT2D eigenvalue weighted by molar-refractivity contribution is -0.126. The van der Waals surface area contributed by atoms with Crippen LogP contribution in [0.25, 0.3) is 0 Å². The van der Waals surface area contributed by atoms with Gasteiger partial charge in [0.05, 0.1) is 12.0 Å². The van der Waals surface area contributed by atoms with Gasteiger partial charge in [-0.1, -0.05) is 18.2 Å². The molecule has 1 N–H and O–H groups in total. The molecule has 2 unspecified atom stereocenters. The molecule has 0 radical (unpaired) electrons. The van der Waals surface area contributed by atoms with Gasteiger partial charge in [-0.05, 0) is 56.6 Å². The minimum absolute atomic E-state index is 0.0197. The number of amides is 2. The summed E-state index contributed by atoms with van der Waals surface area (Å²) in [7, 11) is 4.02. The second-order valence-corrected chi connectivity index (χ2v) is 8.34. The van der Waals surface area contributed by atoms with Gasteiger partial charge in [0.2, 0.25) is 11.8 Å². The predicted molar refractivity (Wildman–Crippen MR) is 110 cm³/mol. The summed E-state index contributed by atoms with van der Waals surface area (Å²) in [5, 5.41) is 5.11. The number of nitrogens with one attached hydrogen (secondary N) is 1. The third kappa shape index (κ3) is 4.22. The van der Waals surface area contributed by atoms with E-state index in [1.807, 2.05) is 57.6 Å². The minimum Gasteiger partial charge on any atom is -0.354 e. The molecule has 6 heteroatoms. The molecular formula is C21H27N3O2S. The smallest absolute Gasteiger partial charge is 0.227 e. The van der Waals surface area contributed by atoms with Crippen LogP contribution in [0.2, 0.25) is 0 Å². The van der Waals surface area contributed by atoms with Crippen molar-refractivity contribution in [3.05, 3.63) is 51.7 Å². The van der Waals surface area contributed by atoms with Crippen molar-refractivity contribution in [2.24, 2.45) is 5.92 Å². The van der Waals surface area contributed by atoms with Crippen molar-refractivity contribution in [2.45, 2.75) is 26.3 Å². The van der Waals surface area contributed by atoms with E-state index >= 15 is 0 Å². The third-order valence-electron chi connectivity index (χ3n) is 5.33. The second kappa shape index (κ2) is 8.23. The molecule has 1 aliphatic heterocycles. The highest BCUT2D eigenvalue weighted by Gasteiger charge is 2.36.